The number of anilines is 1. The van der Waals surface area contributed by atoms with Crippen LogP contribution in [-0.4, -0.2) is 39.5 Å². The second kappa shape index (κ2) is 7.24. The molecule has 0 aliphatic carbocycles. The predicted molar refractivity (Wildman–Crippen MR) is 78.2 cm³/mol. The van der Waals surface area contributed by atoms with Gasteiger partial charge in [-0.1, -0.05) is 13.8 Å². The third-order valence-corrected chi connectivity index (χ3v) is 3.48. The average Bonchev–Trinajstić information content (AvgIpc) is 2.43. The molecular formula is C15H25NO3. The van der Waals surface area contributed by atoms with Crippen molar-refractivity contribution in [2.75, 3.05) is 39.3 Å². The van der Waals surface area contributed by atoms with E-state index in [1.54, 1.807) is 14.2 Å². The van der Waals surface area contributed by atoms with Crippen molar-refractivity contribution in [3.05, 3.63) is 18.2 Å². The van der Waals surface area contributed by atoms with Gasteiger partial charge in [0.25, 0.3) is 0 Å². The number of nitrogens with zero attached hydrogens (tertiary/aromatic N) is 1. The van der Waals surface area contributed by atoms with Crippen molar-refractivity contribution in [2.24, 2.45) is 11.8 Å². The van der Waals surface area contributed by atoms with Crippen molar-refractivity contribution in [3.63, 3.8) is 0 Å². The summed E-state index contributed by atoms with van der Waals surface area (Å²) in [4.78, 5) is 2.10. The van der Waals surface area contributed by atoms with E-state index in [4.69, 9.17) is 9.47 Å². The van der Waals surface area contributed by atoms with Gasteiger partial charge in [0.15, 0.2) is 0 Å². The highest BCUT2D eigenvalue weighted by Crippen LogP contribution is 2.32. The normalized spacial score (nSPS) is 12.4. The van der Waals surface area contributed by atoms with Crippen LogP contribution in [-0.2, 0) is 0 Å². The highest BCUT2D eigenvalue weighted by molar-refractivity contribution is 5.61. The minimum Gasteiger partial charge on any atom is -0.497 e. The van der Waals surface area contributed by atoms with Gasteiger partial charge in [-0.2, -0.15) is 0 Å². The van der Waals surface area contributed by atoms with Crippen molar-refractivity contribution in [3.8, 4) is 11.5 Å². The zero-order valence-corrected chi connectivity index (χ0v) is 12.5. The fraction of sp³-hybridized carbons (Fsp3) is 0.600. The van der Waals surface area contributed by atoms with E-state index in [2.05, 4.69) is 18.7 Å². The summed E-state index contributed by atoms with van der Waals surface area (Å²) >= 11 is 0. The number of aliphatic hydroxyl groups is 1. The molecule has 108 valence electrons. The van der Waals surface area contributed by atoms with E-state index < -0.39 is 0 Å². The molecule has 1 rings (SSSR count). The first-order valence-electron chi connectivity index (χ1n) is 6.57. The highest BCUT2D eigenvalue weighted by atomic mass is 16.5. The molecule has 0 radical (unpaired) electrons. The third kappa shape index (κ3) is 4.03. The molecule has 1 unspecified atom stereocenters. The summed E-state index contributed by atoms with van der Waals surface area (Å²) < 4.78 is 10.6. The number of rotatable bonds is 7. The molecule has 19 heavy (non-hydrogen) atoms. The molecule has 0 fully saturated rings. The lowest BCUT2D eigenvalue weighted by Crippen LogP contribution is -2.30. The molecule has 1 aromatic carbocycles. The molecule has 0 amide bonds. The van der Waals surface area contributed by atoms with Gasteiger partial charge in [0, 0.05) is 32.2 Å². The number of aliphatic hydroxyl groups excluding tert-OH is 1. The second-order valence-electron chi connectivity index (χ2n) is 5.10. The summed E-state index contributed by atoms with van der Waals surface area (Å²) in [6.07, 6.45) is 0. The van der Waals surface area contributed by atoms with Crippen LogP contribution in [0.3, 0.4) is 0 Å². The van der Waals surface area contributed by atoms with Crippen molar-refractivity contribution >= 4 is 5.69 Å². The van der Waals surface area contributed by atoms with Crippen molar-refractivity contribution < 1.29 is 14.6 Å². The Morgan fingerprint density at radius 3 is 2.37 bits per heavy atom. The molecule has 1 atom stereocenters. The molecule has 0 aliphatic heterocycles. The molecule has 1 aromatic rings. The van der Waals surface area contributed by atoms with Crippen molar-refractivity contribution in [2.45, 2.75) is 13.8 Å². The average molecular weight is 267 g/mol. The topological polar surface area (TPSA) is 41.9 Å². The number of methoxy groups -OCH3 is 2. The zero-order valence-electron chi connectivity index (χ0n) is 12.5. The summed E-state index contributed by atoms with van der Waals surface area (Å²) in [5.74, 6) is 2.28. The van der Waals surface area contributed by atoms with E-state index in [0.29, 0.717) is 5.92 Å². The molecule has 0 spiro atoms. The number of ether oxygens (including phenoxy) is 2. The smallest absolute Gasteiger partial charge is 0.142 e. The largest absolute Gasteiger partial charge is 0.497 e. The molecule has 1 N–H and O–H groups in total. The van der Waals surface area contributed by atoms with E-state index in [0.717, 1.165) is 23.7 Å². The minimum atomic E-state index is 0.189. The Hall–Kier alpha value is -1.42. The summed E-state index contributed by atoms with van der Waals surface area (Å²) in [5, 5.41) is 9.44. The monoisotopic (exact) mass is 267 g/mol. The summed E-state index contributed by atoms with van der Waals surface area (Å²) in [6.45, 7) is 5.21. The van der Waals surface area contributed by atoms with Gasteiger partial charge in [-0.25, -0.2) is 0 Å². The maximum absolute atomic E-state index is 9.44. The molecule has 4 heteroatoms. The Balaban J connectivity index is 2.93. The predicted octanol–water partition coefficient (Wildman–Crippen LogP) is 2.40. The van der Waals surface area contributed by atoms with Crippen molar-refractivity contribution in [1.29, 1.82) is 0 Å². The van der Waals surface area contributed by atoms with Gasteiger partial charge in [-0.05, 0) is 18.1 Å². The Kier molecular flexibility index (Phi) is 5.96. The Bertz CT molecular complexity index is 393. The van der Waals surface area contributed by atoms with E-state index in [1.165, 1.54) is 0 Å². The quantitative estimate of drug-likeness (QED) is 0.823. The van der Waals surface area contributed by atoms with E-state index in [1.807, 2.05) is 25.2 Å². The standard InChI is InChI=1S/C15H25NO3/c1-11(2)12(10-17)9-16(3)14-8-13(18-4)6-7-15(14)19-5/h6-8,11-12,17H,9-10H2,1-5H3. The minimum absolute atomic E-state index is 0.189. The molecule has 0 heterocycles. The first-order valence-corrected chi connectivity index (χ1v) is 6.57. The van der Waals surface area contributed by atoms with E-state index in [-0.39, 0.29) is 12.5 Å². The Morgan fingerprint density at radius 1 is 1.21 bits per heavy atom. The van der Waals surface area contributed by atoms with Gasteiger partial charge in [-0.15, -0.1) is 0 Å². The first-order chi connectivity index (χ1) is 9.03. The fourth-order valence-electron chi connectivity index (χ4n) is 2.02. The first kappa shape index (κ1) is 15.6. The van der Waals surface area contributed by atoms with Crippen LogP contribution >= 0.6 is 0 Å². The van der Waals surface area contributed by atoms with Crippen LogP contribution in [0.4, 0.5) is 5.69 Å². The van der Waals surface area contributed by atoms with Gasteiger partial charge < -0.3 is 19.5 Å². The van der Waals surface area contributed by atoms with Crippen LogP contribution in [0.15, 0.2) is 18.2 Å². The van der Waals surface area contributed by atoms with Crippen LogP contribution in [0.5, 0.6) is 11.5 Å². The number of hydrogen-bond donors (Lipinski definition) is 1. The second-order valence-corrected chi connectivity index (χ2v) is 5.10. The van der Waals surface area contributed by atoms with Gasteiger partial charge in [0.05, 0.1) is 19.9 Å². The molecule has 0 saturated carbocycles. The fourth-order valence-corrected chi connectivity index (χ4v) is 2.02. The number of hydrogen-bond acceptors (Lipinski definition) is 4. The SMILES string of the molecule is COc1ccc(OC)c(N(C)CC(CO)C(C)C)c1. The lowest BCUT2D eigenvalue weighted by atomic mass is 9.96. The number of benzene rings is 1. The van der Waals surface area contributed by atoms with Crippen molar-refractivity contribution in [1.82, 2.24) is 0 Å². The molecule has 0 aliphatic rings. The Labute approximate surface area is 115 Å². The summed E-state index contributed by atoms with van der Waals surface area (Å²) in [6, 6.07) is 5.73. The lowest BCUT2D eigenvalue weighted by molar-refractivity contribution is 0.193. The van der Waals surface area contributed by atoms with Crippen LogP contribution in [0, 0.1) is 11.8 Å². The summed E-state index contributed by atoms with van der Waals surface area (Å²) in [7, 11) is 5.31. The van der Waals surface area contributed by atoms with Gasteiger partial charge in [0.1, 0.15) is 11.5 Å². The maximum Gasteiger partial charge on any atom is 0.142 e. The molecule has 4 nitrogen and oxygen atoms in total. The Morgan fingerprint density at radius 2 is 1.89 bits per heavy atom. The molecule has 0 aromatic heterocycles. The van der Waals surface area contributed by atoms with Crippen LogP contribution in [0.25, 0.3) is 0 Å². The highest BCUT2D eigenvalue weighted by Gasteiger charge is 2.17. The molecule has 0 bridgehead atoms. The summed E-state index contributed by atoms with van der Waals surface area (Å²) in [5.41, 5.74) is 0.973. The zero-order chi connectivity index (χ0) is 14.4. The molecular weight excluding hydrogens is 242 g/mol. The molecule has 0 saturated heterocycles. The van der Waals surface area contributed by atoms with Gasteiger partial charge in [-0.3, -0.25) is 0 Å². The third-order valence-electron chi connectivity index (χ3n) is 3.48. The van der Waals surface area contributed by atoms with Crippen LogP contribution in [0.1, 0.15) is 13.8 Å². The van der Waals surface area contributed by atoms with E-state index >= 15 is 0 Å². The van der Waals surface area contributed by atoms with Gasteiger partial charge in [0.2, 0.25) is 0 Å². The lowest BCUT2D eigenvalue weighted by Gasteiger charge is -2.28. The maximum atomic E-state index is 9.44. The van der Waals surface area contributed by atoms with Crippen LogP contribution < -0.4 is 14.4 Å². The van der Waals surface area contributed by atoms with Gasteiger partial charge >= 0.3 is 0 Å². The van der Waals surface area contributed by atoms with E-state index in [9.17, 15) is 5.11 Å². The van der Waals surface area contributed by atoms with Crippen LogP contribution in [0.2, 0.25) is 0 Å².